The maximum Gasteiger partial charge on any atom is 0.414 e. The van der Waals surface area contributed by atoms with E-state index in [9.17, 15) is 27.2 Å². The first-order chi connectivity index (χ1) is 12.3. The van der Waals surface area contributed by atoms with E-state index in [1.807, 2.05) is 0 Å². The molecule has 2 aromatic heterocycles. The maximum atomic E-state index is 13.7. The second-order valence-corrected chi connectivity index (χ2v) is 5.40. The van der Waals surface area contributed by atoms with E-state index in [1.165, 1.54) is 24.3 Å². The van der Waals surface area contributed by atoms with E-state index < -0.39 is 40.6 Å². The van der Waals surface area contributed by atoms with Crippen LogP contribution < -0.4 is 10.7 Å². The number of alkyl halides is 3. The summed E-state index contributed by atoms with van der Waals surface area (Å²) < 4.78 is 53.6. The molecule has 9 heteroatoms. The summed E-state index contributed by atoms with van der Waals surface area (Å²) in [5.41, 5.74) is -1.99. The Morgan fingerprint density at radius 2 is 1.92 bits per heavy atom. The number of amides is 1. The van der Waals surface area contributed by atoms with Crippen LogP contribution in [-0.4, -0.2) is 22.1 Å². The highest BCUT2D eigenvalue weighted by molar-refractivity contribution is 5.97. The Hall–Kier alpha value is -3.23. The molecule has 3 rings (SSSR count). The van der Waals surface area contributed by atoms with E-state index in [2.05, 4.69) is 9.97 Å². The number of halogens is 4. The summed E-state index contributed by atoms with van der Waals surface area (Å²) in [4.78, 5) is 30.7. The molecule has 1 atom stereocenters. The predicted molar refractivity (Wildman–Crippen MR) is 85.0 cm³/mol. The van der Waals surface area contributed by atoms with E-state index in [4.69, 9.17) is 0 Å². The standard InChI is InChI=1S/C17H11F4N3O2/c18-11-5-3-4-9-13(11)23-8-10(14(9)25)16(26)24-15(17(19,20)21)12-6-1-2-7-22-12/h1-8,15H,(H,23,25)(H,24,26)/t15-/m1/s1. The molecule has 134 valence electrons. The van der Waals surface area contributed by atoms with Crippen LogP contribution in [0, 0.1) is 5.82 Å². The third-order valence-electron chi connectivity index (χ3n) is 3.69. The lowest BCUT2D eigenvalue weighted by molar-refractivity contribution is -0.156. The molecule has 0 saturated carbocycles. The maximum absolute atomic E-state index is 13.7. The lowest BCUT2D eigenvalue weighted by Gasteiger charge is -2.21. The van der Waals surface area contributed by atoms with Gasteiger partial charge in [0.05, 0.1) is 11.2 Å². The summed E-state index contributed by atoms with van der Waals surface area (Å²) in [6.07, 6.45) is -2.78. The van der Waals surface area contributed by atoms with Crippen LogP contribution in [0.5, 0.6) is 0 Å². The molecule has 0 unspecified atom stereocenters. The highest BCUT2D eigenvalue weighted by Crippen LogP contribution is 2.31. The summed E-state index contributed by atoms with van der Waals surface area (Å²) in [6.45, 7) is 0. The van der Waals surface area contributed by atoms with Crippen LogP contribution in [0.25, 0.3) is 10.9 Å². The largest absolute Gasteiger partial charge is 0.414 e. The van der Waals surface area contributed by atoms with Crippen molar-refractivity contribution in [2.75, 3.05) is 0 Å². The van der Waals surface area contributed by atoms with Gasteiger partial charge in [0.15, 0.2) is 6.04 Å². The van der Waals surface area contributed by atoms with Gasteiger partial charge in [-0.1, -0.05) is 12.1 Å². The van der Waals surface area contributed by atoms with E-state index in [1.54, 1.807) is 5.32 Å². The van der Waals surface area contributed by atoms with Gasteiger partial charge in [-0.2, -0.15) is 13.2 Å². The van der Waals surface area contributed by atoms with Gasteiger partial charge in [0.25, 0.3) is 5.91 Å². The van der Waals surface area contributed by atoms with Crippen LogP contribution in [0.2, 0.25) is 0 Å². The number of nitrogens with zero attached hydrogens (tertiary/aromatic N) is 1. The van der Waals surface area contributed by atoms with Crippen molar-refractivity contribution in [1.29, 1.82) is 0 Å². The number of aromatic amines is 1. The minimum Gasteiger partial charge on any atom is -0.358 e. The molecule has 0 aliphatic carbocycles. The second-order valence-electron chi connectivity index (χ2n) is 5.40. The van der Waals surface area contributed by atoms with Gasteiger partial charge in [0.1, 0.15) is 11.4 Å². The van der Waals surface area contributed by atoms with Crippen molar-refractivity contribution < 1.29 is 22.4 Å². The predicted octanol–water partition coefficient (Wildman–Crippen LogP) is 3.10. The fourth-order valence-corrected chi connectivity index (χ4v) is 2.46. The first-order valence-corrected chi connectivity index (χ1v) is 7.37. The molecule has 5 nitrogen and oxygen atoms in total. The SMILES string of the molecule is O=C(N[C@H](c1ccccn1)C(F)(F)F)c1c[nH]c2c(F)cccc2c1=O. The average Bonchev–Trinajstić information content (AvgIpc) is 2.60. The van der Waals surface area contributed by atoms with Crippen LogP contribution in [0.1, 0.15) is 22.1 Å². The van der Waals surface area contributed by atoms with E-state index in [-0.39, 0.29) is 10.9 Å². The topological polar surface area (TPSA) is 74.8 Å². The van der Waals surface area contributed by atoms with Gasteiger partial charge in [-0.05, 0) is 24.3 Å². The molecule has 3 aromatic rings. The van der Waals surface area contributed by atoms with Crippen LogP contribution in [-0.2, 0) is 0 Å². The molecule has 0 aliphatic rings. The number of para-hydroxylation sites is 1. The van der Waals surface area contributed by atoms with Gasteiger partial charge in [0, 0.05) is 17.8 Å². The molecule has 0 saturated heterocycles. The van der Waals surface area contributed by atoms with Crippen molar-refractivity contribution in [3.8, 4) is 0 Å². The first kappa shape index (κ1) is 17.6. The molecule has 0 bridgehead atoms. The second kappa shape index (κ2) is 6.58. The molecule has 2 N–H and O–H groups in total. The number of hydrogen-bond acceptors (Lipinski definition) is 3. The molecular weight excluding hydrogens is 354 g/mol. The third-order valence-corrected chi connectivity index (χ3v) is 3.69. The number of hydrogen-bond donors (Lipinski definition) is 2. The zero-order chi connectivity index (χ0) is 18.9. The number of carbonyl (C=O) groups is 1. The summed E-state index contributed by atoms with van der Waals surface area (Å²) in [5.74, 6) is -1.96. The Labute approximate surface area is 143 Å². The summed E-state index contributed by atoms with van der Waals surface area (Å²) >= 11 is 0. The van der Waals surface area contributed by atoms with E-state index in [0.29, 0.717) is 0 Å². The molecule has 26 heavy (non-hydrogen) atoms. The molecular formula is C17H11F4N3O2. The monoisotopic (exact) mass is 365 g/mol. The quantitative estimate of drug-likeness (QED) is 0.701. The first-order valence-electron chi connectivity index (χ1n) is 7.37. The fourth-order valence-electron chi connectivity index (χ4n) is 2.46. The average molecular weight is 365 g/mol. The summed E-state index contributed by atoms with van der Waals surface area (Å²) in [7, 11) is 0. The van der Waals surface area contributed by atoms with Gasteiger partial charge in [-0.15, -0.1) is 0 Å². The lowest BCUT2D eigenvalue weighted by atomic mass is 10.1. The molecule has 0 fully saturated rings. The van der Waals surface area contributed by atoms with Crippen molar-refractivity contribution in [1.82, 2.24) is 15.3 Å². The zero-order valence-corrected chi connectivity index (χ0v) is 13.0. The van der Waals surface area contributed by atoms with Gasteiger partial charge < -0.3 is 10.3 Å². The normalized spacial score (nSPS) is 12.8. The molecule has 2 heterocycles. The minimum absolute atomic E-state index is 0.133. The van der Waals surface area contributed by atoms with Crippen LogP contribution >= 0.6 is 0 Å². The van der Waals surface area contributed by atoms with Crippen molar-refractivity contribution >= 4 is 16.8 Å². The number of fused-ring (bicyclic) bond motifs is 1. The van der Waals surface area contributed by atoms with Crippen molar-refractivity contribution in [2.24, 2.45) is 0 Å². The fraction of sp³-hybridized carbons (Fsp3) is 0.118. The Bertz CT molecular complexity index is 1020. The van der Waals surface area contributed by atoms with Crippen molar-refractivity contribution in [3.63, 3.8) is 0 Å². The number of H-pyrrole nitrogens is 1. The van der Waals surface area contributed by atoms with E-state index in [0.717, 1.165) is 24.5 Å². The van der Waals surface area contributed by atoms with Crippen LogP contribution in [0.4, 0.5) is 17.6 Å². The highest BCUT2D eigenvalue weighted by atomic mass is 19.4. The van der Waals surface area contributed by atoms with Crippen molar-refractivity contribution in [2.45, 2.75) is 12.2 Å². The minimum atomic E-state index is -4.82. The molecule has 1 amide bonds. The van der Waals surface area contributed by atoms with E-state index >= 15 is 0 Å². The molecule has 1 aromatic carbocycles. The lowest BCUT2D eigenvalue weighted by Crippen LogP contribution is -2.40. The third kappa shape index (κ3) is 3.28. The van der Waals surface area contributed by atoms with Gasteiger partial charge >= 0.3 is 6.18 Å². The molecule has 0 aliphatic heterocycles. The number of benzene rings is 1. The van der Waals surface area contributed by atoms with Crippen LogP contribution in [0.3, 0.4) is 0 Å². The highest BCUT2D eigenvalue weighted by Gasteiger charge is 2.43. The van der Waals surface area contributed by atoms with Crippen LogP contribution in [0.15, 0.2) is 53.6 Å². The zero-order valence-electron chi connectivity index (χ0n) is 13.0. The number of pyridine rings is 2. The number of carbonyl (C=O) groups excluding carboxylic acids is 1. The number of aromatic nitrogens is 2. The van der Waals surface area contributed by atoms with Crippen molar-refractivity contribution in [3.05, 3.63) is 76.1 Å². The Morgan fingerprint density at radius 3 is 2.58 bits per heavy atom. The van der Waals surface area contributed by atoms with Gasteiger partial charge in [0.2, 0.25) is 5.43 Å². The summed E-state index contributed by atoms with van der Waals surface area (Å²) in [6, 6.07) is 5.14. The Kier molecular flexibility index (Phi) is 4.45. The molecule has 0 radical (unpaired) electrons. The van der Waals surface area contributed by atoms with Gasteiger partial charge in [-0.3, -0.25) is 14.6 Å². The molecule has 0 spiro atoms. The Morgan fingerprint density at radius 1 is 1.15 bits per heavy atom. The number of rotatable bonds is 3. The smallest absolute Gasteiger partial charge is 0.358 e. The Balaban J connectivity index is 2.00. The summed E-state index contributed by atoms with van der Waals surface area (Å²) in [5, 5.41) is 1.63. The van der Waals surface area contributed by atoms with Gasteiger partial charge in [-0.25, -0.2) is 4.39 Å². The number of nitrogens with one attached hydrogen (secondary N) is 2.